The lowest BCUT2D eigenvalue weighted by Gasteiger charge is -2.35. The number of piperidine rings is 1. The van der Waals surface area contributed by atoms with Gasteiger partial charge in [-0.15, -0.1) is 0 Å². The number of nitrogens with zero attached hydrogens (tertiary/aromatic N) is 2. The normalized spacial score (nSPS) is 23.6. The van der Waals surface area contributed by atoms with Crippen LogP contribution >= 0.6 is 23.2 Å². The lowest BCUT2D eigenvalue weighted by Crippen LogP contribution is -2.48. The van der Waals surface area contributed by atoms with Crippen LogP contribution in [0.15, 0.2) is 12.3 Å². The van der Waals surface area contributed by atoms with Gasteiger partial charge in [-0.25, -0.2) is 4.98 Å². The molecule has 0 radical (unpaired) electrons. The molecule has 2 heterocycles. The molecule has 0 bridgehead atoms. The van der Waals surface area contributed by atoms with Gasteiger partial charge in [0.15, 0.2) is 5.82 Å². The molecule has 0 aliphatic carbocycles. The maximum atomic E-state index is 12.0. The van der Waals surface area contributed by atoms with E-state index < -0.39 is 0 Å². The summed E-state index contributed by atoms with van der Waals surface area (Å²) in [6.45, 7) is 3.23. The number of aromatic nitrogens is 1. The second-order valence-corrected chi connectivity index (χ2v) is 5.98. The van der Waals surface area contributed by atoms with E-state index in [4.69, 9.17) is 28.9 Å². The molecule has 7 heteroatoms. The molecule has 1 aromatic heterocycles. The molecule has 1 aliphatic rings. The van der Waals surface area contributed by atoms with Crippen LogP contribution in [0.1, 0.15) is 19.8 Å². The topological polar surface area (TPSA) is 71.2 Å². The molecule has 1 fully saturated rings. The van der Waals surface area contributed by atoms with Crippen LogP contribution in [0.25, 0.3) is 0 Å². The van der Waals surface area contributed by atoms with E-state index in [1.165, 1.54) is 6.20 Å². The largest absolute Gasteiger partial charge is 0.328 e. The maximum absolute atomic E-state index is 12.0. The number of amides is 1. The van der Waals surface area contributed by atoms with Crippen molar-refractivity contribution in [1.29, 1.82) is 0 Å². The Balaban J connectivity index is 1.92. The van der Waals surface area contributed by atoms with Crippen LogP contribution < -0.4 is 11.1 Å². The zero-order valence-corrected chi connectivity index (χ0v) is 12.8. The van der Waals surface area contributed by atoms with Gasteiger partial charge in [-0.05, 0) is 25.8 Å². The highest BCUT2D eigenvalue weighted by Gasteiger charge is 2.24. The standard InChI is InChI=1S/C13H18Cl2N4O/c1-8-4-10(16)2-3-19(8)7-12(20)18-13-11(15)5-9(14)6-17-13/h5-6,8,10H,2-4,7,16H2,1H3,(H,17,18,20). The molecule has 1 aromatic rings. The van der Waals surface area contributed by atoms with Crippen molar-refractivity contribution >= 4 is 34.9 Å². The van der Waals surface area contributed by atoms with Crippen LogP contribution in [0.4, 0.5) is 5.82 Å². The van der Waals surface area contributed by atoms with Gasteiger partial charge in [0, 0.05) is 24.8 Å². The number of carbonyl (C=O) groups is 1. The number of nitrogens with two attached hydrogens (primary N) is 1. The van der Waals surface area contributed by atoms with E-state index in [1.807, 2.05) is 0 Å². The van der Waals surface area contributed by atoms with Crippen LogP contribution in [0.5, 0.6) is 0 Å². The van der Waals surface area contributed by atoms with Crippen molar-refractivity contribution in [3.05, 3.63) is 22.3 Å². The lowest BCUT2D eigenvalue weighted by molar-refractivity contribution is -0.118. The van der Waals surface area contributed by atoms with Gasteiger partial charge in [-0.3, -0.25) is 9.69 Å². The number of rotatable bonds is 3. The van der Waals surface area contributed by atoms with E-state index in [-0.39, 0.29) is 11.9 Å². The molecule has 20 heavy (non-hydrogen) atoms. The second-order valence-electron chi connectivity index (χ2n) is 5.14. The first-order valence-corrected chi connectivity index (χ1v) is 7.32. The summed E-state index contributed by atoms with van der Waals surface area (Å²) in [5.41, 5.74) is 5.91. The molecule has 3 N–H and O–H groups in total. The van der Waals surface area contributed by atoms with Crippen LogP contribution in [0.2, 0.25) is 10.0 Å². The van der Waals surface area contributed by atoms with E-state index in [2.05, 4.69) is 22.1 Å². The summed E-state index contributed by atoms with van der Waals surface area (Å²) in [5, 5.41) is 3.47. The maximum Gasteiger partial charge on any atom is 0.239 e. The Bertz CT molecular complexity index is 497. The minimum absolute atomic E-state index is 0.135. The minimum Gasteiger partial charge on any atom is -0.328 e. The molecule has 2 unspecified atom stereocenters. The molecular formula is C13H18Cl2N4O. The van der Waals surface area contributed by atoms with Crippen molar-refractivity contribution in [1.82, 2.24) is 9.88 Å². The molecule has 2 rings (SSSR count). The molecule has 0 saturated carbocycles. The monoisotopic (exact) mass is 316 g/mol. The number of nitrogens with one attached hydrogen (secondary N) is 1. The van der Waals surface area contributed by atoms with E-state index in [0.717, 1.165) is 19.4 Å². The summed E-state index contributed by atoms with van der Waals surface area (Å²) in [6.07, 6.45) is 3.27. The van der Waals surface area contributed by atoms with Crippen molar-refractivity contribution in [2.75, 3.05) is 18.4 Å². The number of likely N-dealkylation sites (tertiary alicyclic amines) is 1. The third kappa shape index (κ3) is 4.06. The molecule has 1 aliphatic heterocycles. The van der Waals surface area contributed by atoms with Gasteiger partial charge in [-0.2, -0.15) is 0 Å². The molecule has 0 aromatic carbocycles. The first-order valence-electron chi connectivity index (χ1n) is 6.56. The van der Waals surface area contributed by atoms with Crippen LogP contribution in [0.3, 0.4) is 0 Å². The SMILES string of the molecule is CC1CC(N)CCN1CC(=O)Nc1ncc(Cl)cc1Cl. The molecule has 1 saturated heterocycles. The summed E-state index contributed by atoms with van der Waals surface area (Å²) in [5.74, 6) is 0.200. The van der Waals surface area contributed by atoms with Crippen LogP contribution in [-0.2, 0) is 4.79 Å². The summed E-state index contributed by atoms with van der Waals surface area (Å²) >= 11 is 11.7. The summed E-state index contributed by atoms with van der Waals surface area (Å²) in [7, 11) is 0. The lowest BCUT2D eigenvalue weighted by atomic mass is 9.99. The predicted molar refractivity (Wildman–Crippen MR) is 81.1 cm³/mol. The first kappa shape index (κ1) is 15.5. The second kappa shape index (κ2) is 6.72. The smallest absolute Gasteiger partial charge is 0.239 e. The number of pyridine rings is 1. The summed E-state index contributed by atoms with van der Waals surface area (Å²) in [4.78, 5) is 18.2. The van der Waals surface area contributed by atoms with Gasteiger partial charge in [0.1, 0.15) is 0 Å². The van der Waals surface area contributed by atoms with Gasteiger partial charge in [0.25, 0.3) is 0 Å². The summed E-state index contributed by atoms with van der Waals surface area (Å²) < 4.78 is 0. The fourth-order valence-electron chi connectivity index (χ4n) is 2.35. The Kier molecular flexibility index (Phi) is 5.21. The molecule has 5 nitrogen and oxygen atoms in total. The van der Waals surface area contributed by atoms with E-state index in [9.17, 15) is 4.79 Å². The molecule has 1 amide bonds. The Morgan fingerprint density at radius 3 is 3.00 bits per heavy atom. The van der Waals surface area contributed by atoms with Crippen molar-refractivity contribution < 1.29 is 4.79 Å². The summed E-state index contributed by atoms with van der Waals surface area (Å²) in [6, 6.07) is 2.09. The van der Waals surface area contributed by atoms with Gasteiger partial charge in [0.05, 0.1) is 16.6 Å². The highest BCUT2D eigenvalue weighted by Crippen LogP contribution is 2.22. The first-order chi connectivity index (χ1) is 9.45. The average molecular weight is 317 g/mol. The quantitative estimate of drug-likeness (QED) is 0.896. The third-order valence-corrected chi connectivity index (χ3v) is 3.96. The van der Waals surface area contributed by atoms with Crippen molar-refractivity contribution in [2.45, 2.75) is 31.8 Å². The minimum atomic E-state index is -0.135. The number of hydrogen-bond acceptors (Lipinski definition) is 4. The molecular weight excluding hydrogens is 299 g/mol. The fraction of sp³-hybridized carbons (Fsp3) is 0.538. The number of anilines is 1. The third-order valence-electron chi connectivity index (χ3n) is 3.47. The van der Waals surface area contributed by atoms with Crippen molar-refractivity contribution in [3.8, 4) is 0 Å². The number of halogens is 2. The Morgan fingerprint density at radius 1 is 1.60 bits per heavy atom. The Morgan fingerprint density at radius 2 is 2.35 bits per heavy atom. The number of carbonyl (C=O) groups excluding carboxylic acids is 1. The van der Waals surface area contributed by atoms with Gasteiger partial charge in [-0.1, -0.05) is 23.2 Å². The molecule has 2 atom stereocenters. The molecule has 0 spiro atoms. The van der Waals surface area contributed by atoms with E-state index >= 15 is 0 Å². The molecule has 110 valence electrons. The predicted octanol–water partition coefficient (Wildman–Crippen LogP) is 2.14. The van der Waals surface area contributed by atoms with Crippen molar-refractivity contribution in [2.24, 2.45) is 5.73 Å². The number of hydrogen-bond donors (Lipinski definition) is 2. The Hall–Kier alpha value is -0.880. The van der Waals surface area contributed by atoms with Gasteiger partial charge in [0.2, 0.25) is 5.91 Å². The highest BCUT2D eigenvalue weighted by atomic mass is 35.5. The van der Waals surface area contributed by atoms with E-state index in [0.29, 0.717) is 28.4 Å². The zero-order valence-electron chi connectivity index (χ0n) is 11.3. The van der Waals surface area contributed by atoms with Gasteiger partial charge < -0.3 is 11.1 Å². The van der Waals surface area contributed by atoms with Crippen LogP contribution in [-0.4, -0.2) is 41.0 Å². The fourth-order valence-corrected chi connectivity index (χ4v) is 2.78. The zero-order chi connectivity index (χ0) is 14.7. The van der Waals surface area contributed by atoms with E-state index in [1.54, 1.807) is 6.07 Å². The van der Waals surface area contributed by atoms with Crippen LogP contribution in [0, 0.1) is 0 Å². The Labute approximate surface area is 128 Å². The van der Waals surface area contributed by atoms with Gasteiger partial charge >= 0.3 is 0 Å². The average Bonchev–Trinajstić information content (AvgIpc) is 2.36. The van der Waals surface area contributed by atoms with Crippen molar-refractivity contribution in [3.63, 3.8) is 0 Å². The highest BCUT2D eigenvalue weighted by molar-refractivity contribution is 6.36.